The lowest BCUT2D eigenvalue weighted by molar-refractivity contribution is 0.846. The van der Waals surface area contributed by atoms with Crippen LogP contribution < -0.4 is 0 Å². The fourth-order valence-corrected chi connectivity index (χ4v) is 1.45. The van der Waals surface area contributed by atoms with E-state index in [9.17, 15) is 0 Å². The quantitative estimate of drug-likeness (QED) is 0.746. The third kappa shape index (κ3) is 1.31. The first-order chi connectivity index (χ1) is 5.36. The molecule has 0 amide bonds. The summed E-state index contributed by atoms with van der Waals surface area (Å²) >= 11 is 4.74. The minimum absolute atomic E-state index is 0.774. The van der Waals surface area contributed by atoms with E-state index in [2.05, 4.69) is 31.2 Å². The van der Waals surface area contributed by atoms with Crippen LogP contribution in [0.25, 0.3) is 5.13 Å². The highest BCUT2D eigenvalue weighted by atomic mass is 79.9. The van der Waals surface area contributed by atoms with Gasteiger partial charge in [0, 0.05) is 6.20 Å². The maximum absolute atomic E-state index is 4.04. The maximum Gasteiger partial charge on any atom is 0.232 e. The van der Waals surface area contributed by atoms with E-state index in [0.29, 0.717) is 0 Å². The molecular weight excluding hydrogens is 228 g/mol. The predicted molar refractivity (Wildman–Crippen MR) is 44.7 cm³/mol. The summed E-state index contributed by atoms with van der Waals surface area (Å²) in [7, 11) is 0. The van der Waals surface area contributed by atoms with Gasteiger partial charge in [0.15, 0.2) is 0 Å². The molecule has 0 aliphatic rings. The molecule has 0 aliphatic heterocycles. The Bertz CT molecular complexity index is 341. The van der Waals surface area contributed by atoms with E-state index in [1.54, 1.807) is 16.4 Å². The average molecular weight is 231 g/mol. The zero-order valence-electron chi connectivity index (χ0n) is 5.31. The van der Waals surface area contributed by atoms with Crippen LogP contribution in [-0.2, 0) is 0 Å². The van der Waals surface area contributed by atoms with Crippen LogP contribution in [0.2, 0.25) is 0 Å². The molecule has 0 spiro atoms. The highest BCUT2D eigenvalue weighted by Gasteiger charge is 2.00. The van der Waals surface area contributed by atoms with E-state index in [1.165, 1.54) is 11.3 Å². The number of nitrogens with zero attached hydrogens (tertiary/aromatic N) is 4. The van der Waals surface area contributed by atoms with Crippen molar-refractivity contribution in [1.82, 2.24) is 20.0 Å². The number of halogens is 1. The van der Waals surface area contributed by atoms with Crippen molar-refractivity contribution in [2.45, 2.75) is 0 Å². The second-order valence-corrected chi connectivity index (χ2v) is 3.55. The van der Waals surface area contributed by atoms with E-state index in [0.717, 1.165) is 9.60 Å². The summed E-state index contributed by atoms with van der Waals surface area (Å²) in [4.78, 5) is 0. The van der Waals surface area contributed by atoms with Gasteiger partial charge in [0.05, 0.1) is 10.7 Å². The molecule has 2 aromatic rings. The Morgan fingerprint density at radius 1 is 1.55 bits per heavy atom. The summed E-state index contributed by atoms with van der Waals surface area (Å²) in [6.45, 7) is 0. The highest BCUT2D eigenvalue weighted by Crippen LogP contribution is 2.12. The first-order valence-corrected chi connectivity index (χ1v) is 4.50. The van der Waals surface area contributed by atoms with Crippen molar-refractivity contribution in [2.75, 3.05) is 0 Å². The van der Waals surface area contributed by atoms with Crippen LogP contribution in [0.3, 0.4) is 0 Å². The smallest absolute Gasteiger partial charge is 0.211 e. The van der Waals surface area contributed by atoms with Crippen molar-refractivity contribution >= 4 is 27.3 Å². The average Bonchev–Trinajstić information content (AvgIpc) is 2.55. The monoisotopic (exact) mass is 230 g/mol. The van der Waals surface area contributed by atoms with Gasteiger partial charge in [0.25, 0.3) is 0 Å². The van der Waals surface area contributed by atoms with Crippen LogP contribution in [0, 0.1) is 0 Å². The summed E-state index contributed by atoms with van der Waals surface area (Å²) in [5.41, 5.74) is 1.67. The second-order valence-electron chi connectivity index (χ2n) is 1.82. The van der Waals surface area contributed by atoms with Gasteiger partial charge in [-0.2, -0.15) is 5.10 Å². The number of hydrogen-bond donors (Lipinski definition) is 0. The molecule has 0 fully saturated rings. The van der Waals surface area contributed by atoms with Crippen LogP contribution in [0.4, 0.5) is 0 Å². The molecule has 0 bridgehead atoms. The third-order valence-corrected chi connectivity index (χ3v) is 2.18. The SMILES string of the molecule is Brc1cnn(-c2nncs2)c1. The molecule has 6 heteroatoms. The number of hydrogen-bond acceptors (Lipinski definition) is 4. The minimum Gasteiger partial charge on any atom is -0.211 e. The molecule has 0 radical (unpaired) electrons. The van der Waals surface area contributed by atoms with E-state index in [4.69, 9.17) is 0 Å². The van der Waals surface area contributed by atoms with Crippen LogP contribution in [0.15, 0.2) is 22.4 Å². The Balaban J connectivity index is 2.45. The van der Waals surface area contributed by atoms with Crippen molar-refractivity contribution in [2.24, 2.45) is 0 Å². The van der Waals surface area contributed by atoms with Crippen molar-refractivity contribution in [3.8, 4) is 5.13 Å². The summed E-state index contributed by atoms with van der Waals surface area (Å²) in [6.07, 6.45) is 3.54. The number of aromatic nitrogens is 4. The molecule has 0 atom stereocenters. The third-order valence-electron chi connectivity index (χ3n) is 1.10. The molecular formula is C5H3BrN4S. The van der Waals surface area contributed by atoms with Crippen LogP contribution in [-0.4, -0.2) is 20.0 Å². The minimum atomic E-state index is 0.774. The Morgan fingerprint density at radius 2 is 2.45 bits per heavy atom. The zero-order chi connectivity index (χ0) is 7.68. The van der Waals surface area contributed by atoms with Crippen LogP contribution >= 0.6 is 27.3 Å². The fourth-order valence-electron chi connectivity index (χ4n) is 0.673. The van der Waals surface area contributed by atoms with Gasteiger partial charge in [-0.15, -0.1) is 10.2 Å². The van der Waals surface area contributed by atoms with Gasteiger partial charge in [-0.25, -0.2) is 4.68 Å². The van der Waals surface area contributed by atoms with Gasteiger partial charge in [-0.05, 0) is 15.9 Å². The molecule has 0 N–H and O–H groups in total. The van der Waals surface area contributed by atoms with E-state index in [-0.39, 0.29) is 0 Å². The lowest BCUT2D eigenvalue weighted by Gasteiger charge is -1.88. The second kappa shape index (κ2) is 2.71. The molecule has 56 valence electrons. The first-order valence-electron chi connectivity index (χ1n) is 2.83. The lowest BCUT2D eigenvalue weighted by Crippen LogP contribution is -1.92. The first kappa shape index (κ1) is 6.93. The van der Waals surface area contributed by atoms with E-state index >= 15 is 0 Å². The summed E-state index contributed by atoms with van der Waals surface area (Å²) in [6, 6.07) is 0. The van der Waals surface area contributed by atoms with E-state index < -0.39 is 0 Å². The number of rotatable bonds is 1. The molecule has 4 nitrogen and oxygen atoms in total. The predicted octanol–water partition coefficient (Wildman–Crippen LogP) is 1.49. The van der Waals surface area contributed by atoms with Gasteiger partial charge in [0.2, 0.25) is 5.13 Å². The summed E-state index contributed by atoms with van der Waals surface area (Å²) in [5.74, 6) is 0. The highest BCUT2D eigenvalue weighted by molar-refractivity contribution is 9.10. The molecule has 2 aromatic heterocycles. The standard InChI is InChI=1S/C5H3BrN4S/c6-4-1-8-10(2-4)5-9-7-3-11-5/h1-3H. The zero-order valence-corrected chi connectivity index (χ0v) is 7.71. The van der Waals surface area contributed by atoms with Gasteiger partial charge < -0.3 is 0 Å². The largest absolute Gasteiger partial charge is 0.232 e. The summed E-state index contributed by atoms with van der Waals surface area (Å²) in [5, 5.41) is 12.4. The van der Waals surface area contributed by atoms with Crippen LogP contribution in [0.1, 0.15) is 0 Å². The van der Waals surface area contributed by atoms with Gasteiger partial charge in [-0.3, -0.25) is 0 Å². The van der Waals surface area contributed by atoms with Crippen molar-refractivity contribution < 1.29 is 0 Å². The Hall–Kier alpha value is -0.750. The fraction of sp³-hybridized carbons (Fsp3) is 0. The molecule has 0 unspecified atom stereocenters. The van der Waals surface area contributed by atoms with Crippen LogP contribution in [0.5, 0.6) is 0 Å². The van der Waals surface area contributed by atoms with Gasteiger partial charge >= 0.3 is 0 Å². The van der Waals surface area contributed by atoms with Gasteiger partial charge in [0.1, 0.15) is 5.51 Å². The van der Waals surface area contributed by atoms with Crippen molar-refractivity contribution in [3.05, 3.63) is 22.4 Å². The molecule has 0 saturated heterocycles. The molecule has 0 aliphatic carbocycles. The summed E-state index contributed by atoms with van der Waals surface area (Å²) < 4.78 is 2.61. The van der Waals surface area contributed by atoms with Crippen molar-refractivity contribution in [1.29, 1.82) is 0 Å². The topological polar surface area (TPSA) is 43.6 Å². The molecule has 0 saturated carbocycles. The Kier molecular flexibility index (Phi) is 1.71. The molecule has 2 rings (SSSR count). The Morgan fingerprint density at radius 3 is 3.00 bits per heavy atom. The normalized spacial score (nSPS) is 10.3. The molecule has 2 heterocycles. The van der Waals surface area contributed by atoms with Gasteiger partial charge in [-0.1, -0.05) is 11.3 Å². The lowest BCUT2D eigenvalue weighted by atomic mass is 10.7. The molecule has 0 aromatic carbocycles. The molecule has 11 heavy (non-hydrogen) atoms. The van der Waals surface area contributed by atoms with Crippen molar-refractivity contribution in [3.63, 3.8) is 0 Å². The Labute approximate surface area is 75.0 Å². The van der Waals surface area contributed by atoms with E-state index in [1.807, 2.05) is 6.20 Å². The maximum atomic E-state index is 4.04.